The zero-order valence-electron chi connectivity index (χ0n) is 17.4. The predicted molar refractivity (Wildman–Crippen MR) is 113 cm³/mol. The standard InChI is InChI=1S/C21H27N3O5S/c1-5-15-6-8-16(9-7-15)20(25)22-23-21(26)19(14(2)3)24-30(27,28)18-12-10-17(29-4)11-13-18/h6-14,19,24H,5H2,1-4H3,(H,22,25)(H,23,26)/t19-/m0/s1. The molecule has 0 radical (unpaired) electrons. The molecule has 0 bridgehead atoms. The van der Waals surface area contributed by atoms with Crippen molar-refractivity contribution in [2.24, 2.45) is 5.92 Å². The minimum Gasteiger partial charge on any atom is -0.497 e. The van der Waals surface area contributed by atoms with Crippen molar-refractivity contribution in [1.29, 1.82) is 0 Å². The van der Waals surface area contributed by atoms with Crippen LogP contribution in [-0.4, -0.2) is 33.4 Å². The van der Waals surface area contributed by atoms with Crippen LogP contribution >= 0.6 is 0 Å². The molecule has 9 heteroatoms. The molecule has 0 saturated carbocycles. The van der Waals surface area contributed by atoms with Crippen LogP contribution in [0.2, 0.25) is 0 Å². The van der Waals surface area contributed by atoms with Gasteiger partial charge in [0.2, 0.25) is 10.0 Å². The van der Waals surface area contributed by atoms with Gasteiger partial charge in [0.05, 0.1) is 12.0 Å². The van der Waals surface area contributed by atoms with Crippen LogP contribution in [0.3, 0.4) is 0 Å². The average Bonchev–Trinajstić information content (AvgIpc) is 2.75. The molecule has 30 heavy (non-hydrogen) atoms. The minimum absolute atomic E-state index is 0.00167. The lowest BCUT2D eigenvalue weighted by Gasteiger charge is -2.22. The average molecular weight is 434 g/mol. The molecule has 8 nitrogen and oxygen atoms in total. The van der Waals surface area contributed by atoms with Gasteiger partial charge < -0.3 is 4.74 Å². The van der Waals surface area contributed by atoms with Gasteiger partial charge in [0, 0.05) is 5.56 Å². The Bertz CT molecular complexity index is 971. The summed E-state index contributed by atoms with van der Waals surface area (Å²) in [5, 5.41) is 0. The molecule has 0 spiro atoms. The Morgan fingerprint density at radius 1 is 0.967 bits per heavy atom. The maximum Gasteiger partial charge on any atom is 0.269 e. The van der Waals surface area contributed by atoms with Crippen LogP contribution in [0.1, 0.15) is 36.7 Å². The number of carbonyl (C=O) groups is 2. The third-order valence-electron chi connectivity index (χ3n) is 4.52. The van der Waals surface area contributed by atoms with Gasteiger partial charge in [-0.15, -0.1) is 0 Å². The normalized spacial score (nSPS) is 12.3. The van der Waals surface area contributed by atoms with Gasteiger partial charge >= 0.3 is 0 Å². The summed E-state index contributed by atoms with van der Waals surface area (Å²) < 4.78 is 32.7. The number of sulfonamides is 1. The van der Waals surface area contributed by atoms with Crippen molar-refractivity contribution in [2.75, 3.05) is 7.11 Å². The Kier molecular flexibility index (Phi) is 7.96. The highest BCUT2D eigenvalue weighted by Crippen LogP contribution is 2.16. The first-order valence-electron chi connectivity index (χ1n) is 9.53. The Morgan fingerprint density at radius 3 is 2.07 bits per heavy atom. The third-order valence-corrected chi connectivity index (χ3v) is 5.98. The molecular weight excluding hydrogens is 406 g/mol. The van der Waals surface area contributed by atoms with Crippen molar-refractivity contribution in [2.45, 2.75) is 38.1 Å². The lowest BCUT2D eigenvalue weighted by atomic mass is 10.1. The molecule has 0 aliphatic heterocycles. The van der Waals surface area contributed by atoms with Crippen LogP contribution in [0, 0.1) is 5.92 Å². The Balaban J connectivity index is 2.05. The number of amides is 2. The number of hydrazine groups is 1. The zero-order valence-corrected chi connectivity index (χ0v) is 18.2. The van der Waals surface area contributed by atoms with Crippen molar-refractivity contribution in [3.05, 3.63) is 59.7 Å². The van der Waals surface area contributed by atoms with Gasteiger partial charge in [0.25, 0.3) is 11.8 Å². The van der Waals surface area contributed by atoms with Gasteiger partial charge in [0.1, 0.15) is 11.8 Å². The van der Waals surface area contributed by atoms with E-state index in [2.05, 4.69) is 15.6 Å². The van der Waals surface area contributed by atoms with Gasteiger partial charge in [-0.2, -0.15) is 4.72 Å². The van der Waals surface area contributed by atoms with Crippen LogP contribution in [0.15, 0.2) is 53.4 Å². The number of hydrogen-bond donors (Lipinski definition) is 3. The molecule has 0 fully saturated rings. The van der Waals surface area contributed by atoms with E-state index in [0.717, 1.165) is 12.0 Å². The molecule has 3 N–H and O–H groups in total. The number of rotatable bonds is 8. The molecule has 2 aromatic rings. The Labute approximate surface area is 177 Å². The molecule has 162 valence electrons. The largest absolute Gasteiger partial charge is 0.497 e. The maximum atomic E-state index is 12.7. The van der Waals surface area contributed by atoms with Crippen LogP contribution in [0.5, 0.6) is 5.75 Å². The number of ether oxygens (including phenoxy) is 1. The zero-order chi connectivity index (χ0) is 22.3. The first-order chi connectivity index (χ1) is 14.2. The Hall–Kier alpha value is -2.91. The van der Waals surface area contributed by atoms with Crippen molar-refractivity contribution in [3.8, 4) is 5.75 Å². The summed E-state index contributed by atoms with van der Waals surface area (Å²) in [6.07, 6.45) is 0.850. The summed E-state index contributed by atoms with van der Waals surface area (Å²) in [4.78, 5) is 24.8. The minimum atomic E-state index is -3.95. The van der Waals surface area contributed by atoms with E-state index in [-0.39, 0.29) is 10.8 Å². The number of hydrogen-bond acceptors (Lipinski definition) is 5. The molecule has 0 aliphatic rings. The van der Waals surface area contributed by atoms with E-state index in [1.54, 1.807) is 26.0 Å². The fraction of sp³-hybridized carbons (Fsp3) is 0.333. The second-order valence-electron chi connectivity index (χ2n) is 7.01. The first kappa shape index (κ1) is 23.4. The number of benzene rings is 2. The highest BCUT2D eigenvalue weighted by Gasteiger charge is 2.28. The highest BCUT2D eigenvalue weighted by molar-refractivity contribution is 7.89. The van der Waals surface area contributed by atoms with Crippen LogP contribution in [-0.2, 0) is 21.2 Å². The molecule has 0 aliphatic carbocycles. The summed E-state index contributed by atoms with van der Waals surface area (Å²) in [7, 11) is -2.47. The van der Waals surface area contributed by atoms with E-state index >= 15 is 0 Å². The fourth-order valence-electron chi connectivity index (χ4n) is 2.64. The number of nitrogens with one attached hydrogen (secondary N) is 3. The van der Waals surface area contributed by atoms with Crippen LogP contribution in [0.4, 0.5) is 0 Å². The van der Waals surface area contributed by atoms with Crippen molar-refractivity contribution in [3.63, 3.8) is 0 Å². The third kappa shape index (κ3) is 6.04. The van der Waals surface area contributed by atoms with E-state index < -0.39 is 27.9 Å². The molecule has 0 aromatic heterocycles. The predicted octanol–water partition coefficient (Wildman–Crippen LogP) is 2.02. The van der Waals surface area contributed by atoms with Crippen molar-refractivity contribution >= 4 is 21.8 Å². The number of methoxy groups -OCH3 is 1. The monoisotopic (exact) mass is 433 g/mol. The van der Waals surface area contributed by atoms with E-state index in [1.165, 1.54) is 31.4 Å². The van der Waals surface area contributed by atoms with Gasteiger partial charge in [-0.25, -0.2) is 8.42 Å². The van der Waals surface area contributed by atoms with E-state index in [1.807, 2.05) is 19.1 Å². The summed E-state index contributed by atoms with van der Waals surface area (Å²) in [6, 6.07) is 11.7. The molecule has 1 atom stereocenters. The van der Waals surface area contributed by atoms with E-state index in [0.29, 0.717) is 11.3 Å². The molecule has 0 unspecified atom stereocenters. The van der Waals surface area contributed by atoms with Gasteiger partial charge in [-0.3, -0.25) is 20.4 Å². The summed E-state index contributed by atoms with van der Waals surface area (Å²) in [5.74, 6) is -1.01. The smallest absolute Gasteiger partial charge is 0.269 e. The first-order valence-corrected chi connectivity index (χ1v) is 11.0. The number of aryl methyl sites for hydroxylation is 1. The SMILES string of the molecule is CCc1ccc(C(=O)NNC(=O)[C@@H](NS(=O)(=O)c2ccc(OC)cc2)C(C)C)cc1. The van der Waals surface area contributed by atoms with E-state index in [9.17, 15) is 18.0 Å². The lowest BCUT2D eigenvalue weighted by Crippen LogP contribution is -2.54. The van der Waals surface area contributed by atoms with Crippen molar-refractivity contribution < 1.29 is 22.7 Å². The lowest BCUT2D eigenvalue weighted by molar-refractivity contribution is -0.124. The quantitative estimate of drug-likeness (QED) is 0.551. The van der Waals surface area contributed by atoms with Crippen LogP contribution in [0.25, 0.3) is 0 Å². The molecule has 2 rings (SSSR count). The second kappa shape index (κ2) is 10.2. The molecule has 2 amide bonds. The summed E-state index contributed by atoms with van der Waals surface area (Å²) >= 11 is 0. The van der Waals surface area contributed by atoms with E-state index in [4.69, 9.17) is 4.74 Å². The van der Waals surface area contributed by atoms with Gasteiger partial charge in [-0.05, 0) is 54.3 Å². The number of carbonyl (C=O) groups excluding carboxylic acids is 2. The van der Waals surface area contributed by atoms with Crippen molar-refractivity contribution in [1.82, 2.24) is 15.6 Å². The van der Waals surface area contributed by atoms with Crippen LogP contribution < -0.4 is 20.3 Å². The highest BCUT2D eigenvalue weighted by atomic mass is 32.2. The molecule has 2 aromatic carbocycles. The maximum absolute atomic E-state index is 12.7. The molecule has 0 heterocycles. The summed E-state index contributed by atoms with van der Waals surface area (Å²) in [6.45, 7) is 5.41. The summed E-state index contributed by atoms with van der Waals surface area (Å²) in [5.41, 5.74) is 6.09. The fourth-order valence-corrected chi connectivity index (χ4v) is 3.99. The topological polar surface area (TPSA) is 114 Å². The van der Waals surface area contributed by atoms with Gasteiger partial charge in [-0.1, -0.05) is 32.9 Å². The molecule has 0 saturated heterocycles. The molecular formula is C21H27N3O5S. The second-order valence-corrected chi connectivity index (χ2v) is 8.73. The van der Waals surface area contributed by atoms with Gasteiger partial charge in [0.15, 0.2) is 0 Å². The Morgan fingerprint density at radius 2 is 1.57 bits per heavy atom.